The van der Waals surface area contributed by atoms with Gasteiger partial charge < -0.3 is 30.0 Å². The van der Waals surface area contributed by atoms with Gasteiger partial charge in [-0.1, -0.05) is 6.07 Å². The summed E-state index contributed by atoms with van der Waals surface area (Å²) < 4.78 is 26.9. The number of likely N-dealkylation sites (N-methyl/N-ethyl adjacent to an activating group) is 1. The summed E-state index contributed by atoms with van der Waals surface area (Å²) in [4.78, 5) is 44.9. The molecule has 13 heteroatoms. The lowest BCUT2D eigenvalue weighted by atomic mass is 10.0. The van der Waals surface area contributed by atoms with Gasteiger partial charge in [-0.15, -0.1) is 0 Å². The summed E-state index contributed by atoms with van der Waals surface area (Å²) in [7, 11) is 3.50. The van der Waals surface area contributed by atoms with Crippen molar-refractivity contribution in [3.63, 3.8) is 0 Å². The van der Waals surface area contributed by atoms with Crippen LogP contribution >= 0.6 is 0 Å². The van der Waals surface area contributed by atoms with Crippen LogP contribution in [0.3, 0.4) is 0 Å². The quantitative estimate of drug-likeness (QED) is 0.224. The van der Waals surface area contributed by atoms with Gasteiger partial charge in [0, 0.05) is 31.4 Å². The van der Waals surface area contributed by atoms with Gasteiger partial charge in [-0.2, -0.15) is 0 Å². The summed E-state index contributed by atoms with van der Waals surface area (Å²) >= 11 is 0. The molecular weight excluding hydrogens is 591 g/mol. The Kier molecular flexibility index (Phi) is 9.12. The van der Waals surface area contributed by atoms with Gasteiger partial charge in [0.15, 0.2) is 11.6 Å². The zero-order chi connectivity index (χ0) is 33.0. The molecule has 3 heterocycles. The summed E-state index contributed by atoms with van der Waals surface area (Å²) in [6.07, 6.45) is 2.66. The van der Waals surface area contributed by atoms with E-state index in [1.165, 1.54) is 17.0 Å². The van der Waals surface area contributed by atoms with Gasteiger partial charge in [-0.3, -0.25) is 9.78 Å². The lowest BCUT2D eigenvalue weighted by Crippen LogP contribution is -2.36. The molecule has 238 valence electrons. The van der Waals surface area contributed by atoms with Crippen molar-refractivity contribution in [2.24, 2.45) is 7.05 Å². The third-order valence-electron chi connectivity index (χ3n) is 6.86. The number of nitrogens with two attached hydrogens (primary N) is 1. The molecule has 2 aromatic carbocycles. The molecule has 0 fully saturated rings. The number of aryl methyl sites for hydroxylation is 1. The molecule has 5 aromatic rings. The number of imidazole rings is 1. The predicted octanol–water partition coefficient (Wildman–Crippen LogP) is 5.24. The Balaban J connectivity index is 1.36. The summed E-state index contributed by atoms with van der Waals surface area (Å²) in [5.41, 5.74) is 9.92. The lowest BCUT2D eigenvalue weighted by molar-refractivity contribution is -0.115. The smallest absolute Gasteiger partial charge is 0.410 e. The number of rotatable bonds is 9. The van der Waals surface area contributed by atoms with Crippen LogP contribution in [0.15, 0.2) is 67.1 Å². The van der Waals surface area contributed by atoms with Crippen molar-refractivity contribution in [2.45, 2.75) is 32.8 Å². The van der Waals surface area contributed by atoms with E-state index < -0.39 is 17.6 Å². The number of pyridine rings is 1. The number of aromatic nitrogens is 5. The topological polar surface area (TPSA) is 150 Å². The Bertz CT molecular complexity index is 1890. The number of amides is 2. The fourth-order valence-electron chi connectivity index (χ4n) is 4.56. The fraction of sp³-hybridized carbons (Fsp3) is 0.273. The Labute approximate surface area is 265 Å². The highest BCUT2D eigenvalue weighted by atomic mass is 19.1. The monoisotopic (exact) mass is 626 g/mol. The van der Waals surface area contributed by atoms with Crippen LogP contribution in [0.5, 0.6) is 5.75 Å². The van der Waals surface area contributed by atoms with Gasteiger partial charge in [0.25, 0.3) is 0 Å². The number of hydrogen-bond donors (Lipinski definition) is 2. The van der Waals surface area contributed by atoms with Crippen molar-refractivity contribution in [3.05, 3.63) is 78.6 Å². The third-order valence-corrected chi connectivity index (χ3v) is 6.86. The highest BCUT2D eigenvalue weighted by molar-refractivity contribution is 5.95. The number of hydrogen-bond acceptors (Lipinski definition) is 9. The molecule has 0 aliphatic carbocycles. The second-order valence-electron chi connectivity index (χ2n) is 11.6. The molecule has 0 radical (unpaired) electrons. The summed E-state index contributed by atoms with van der Waals surface area (Å²) in [6.45, 7) is 5.80. The molecule has 0 aliphatic heterocycles. The summed E-state index contributed by atoms with van der Waals surface area (Å²) in [5.74, 6) is -0.391. The van der Waals surface area contributed by atoms with Crippen molar-refractivity contribution in [3.8, 4) is 28.3 Å². The first kappa shape index (κ1) is 31.8. The number of carbonyl (C=O) groups excluding carboxylic acids is 2. The summed E-state index contributed by atoms with van der Waals surface area (Å²) in [5, 5.41) is 2.76. The zero-order valence-corrected chi connectivity index (χ0v) is 26.2. The van der Waals surface area contributed by atoms with E-state index in [0.29, 0.717) is 34.0 Å². The number of carbonyl (C=O) groups is 2. The molecule has 12 nitrogen and oxygen atoms in total. The van der Waals surface area contributed by atoms with E-state index >= 15 is 0 Å². The first-order chi connectivity index (χ1) is 21.9. The molecule has 0 spiro atoms. The highest BCUT2D eigenvalue weighted by Crippen LogP contribution is 2.34. The first-order valence-electron chi connectivity index (χ1n) is 14.5. The van der Waals surface area contributed by atoms with Gasteiger partial charge in [0.1, 0.15) is 23.8 Å². The summed E-state index contributed by atoms with van der Waals surface area (Å²) in [6, 6.07) is 14.9. The minimum atomic E-state index is -0.612. The van der Waals surface area contributed by atoms with E-state index in [1.54, 1.807) is 64.6 Å². The van der Waals surface area contributed by atoms with E-state index in [4.69, 9.17) is 20.2 Å². The molecule has 2 amide bonds. The molecular formula is C33H35FN8O4. The number of halogens is 1. The van der Waals surface area contributed by atoms with E-state index in [2.05, 4.69) is 20.3 Å². The van der Waals surface area contributed by atoms with Crippen molar-refractivity contribution in [2.75, 3.05) is 31.2 Å². The van der Waals surface area contributed by atoms with E-state index in [1.807, 2.05) is 29.8 Å². The lowest BCUT2D eigenvalue weighted by Gasteiger charge is -2.24. The maximum absolute atomic E-state index is 13.7. The Morgan fingerprint density at radius 2 is 1.74 bits per heavy atom. The minimum Gasteiger partial charge on any atom is -0.490 e. The molecule has 0 aliphatic rings. The minimum absolute atomic E-state index is 0.0132. The highest BCUT2D eigenvalue weighted by Gasteiger charge is 2.21. The normalized spacial score (nSPS) is 11.3. The van der Waals surface area contributed by atoms with Gasteiger partial charge in [-0.05, 0) is 69.3 Å². The van der Waals surface area contributed by atoms with Gasteiger partial charge in [0.05, 0.1) is 47.4 Å². The number of benzene rings is 2. The van der Waals surface area contributed by atoms with E-state index in [0.717, 1.165) is 11.0 Å². The molecule has 3 N–H and O–H groups in total. The second-order valence-corrected chi connectivity index (χ2v) is 11.6. The Morgan fingerprint density at radius 1 is 1.02 bits per heavy atom. The van der Waals surface area contributed by atoms with Gasteiger partial charge >= 0.3 is 6.09 Å². The third kappa shape index (κ3) is 7.54. The Hall–Kier alpha value is -5.59. The van der Waals surface area contributed by atoms with E-state index in [-0.39, 0.29) is 37.0 Å². The average Bonchev–Trinajstić information content (AvgIpc) is 3.38. The fourth-order valence-corrected chi connectivity index (χ4v) is 4.56. The standard InChI is InChI=1S/C33H35FN8O4/c1-33(2,3)46-32(44)41(4)15-16-45-26-7-6-14-36-24(26)18-27(43)38-31-30(35)39-28(20-8-11-22(34)12-9-20)29(40-31)21-10-13-23-25(17-21)42(5)19-37-23/h6-14,17,19H,15-16,18H2,1-5H3,(H2,35,39)(H,38,40,43). The van der Waals surface area contributed by atoms with Crippen LogP contribution in [0.2, 0.25) is 0 Å². The van der Waals surface area contributed by atoms with Gasteiger partial charge in [-0.25, -0.2) is 24.1 Å². The predicted molar refractivity (Wildman–Crippen MR) is 172 cm³/mol. The van der Waals surface area contributed by atoms with Crippen LogP contribution in [0.4, 0.5) is 20.8 Å². The van der Waals surface area contributed by atoms with Crippen molar-refractivity contribution < 1.29 is 23.5 Å². The molecule has 3 aromatic heterocycles. The molecule has 5 rings (SSSR count). The maximum Gasteiger partial charge on any atom is 0.410 e. The number of nitrogens with one attached hydrogen (secondary N) is 1. The maximum atomic E-state index is 13.7. The first-order valence-corrected chi connectivity index (χ1v) is 14.5. The number of ether oxygens (including phenoxy) is 2. The number of nitrogens with zero attached hydrogens (tertiary/aromatic N) is 6. The number of anilines is 2. The van der Waals surface area contributed by atoms with Gasteiger partial charge in [0.2, 0.25) is 5.91 Å². The largest absolute Gasteiger partial charge is 0.490 e. The van der Waals surface area contributed by atoms with E-state index in [9.17, 15) is 14.0 Å². The van der Waals surface area contributed by atoms with Crippen molar-refractivity contribution >= 4 is 34.7 Å². The van der Waals surface area contributed by atoms with Crippen LogP contribution in [-0.4, -0.2) is 67.2 Å². The molecule has 0 saturated carbocycles. The Morgan fingerprint density at radius 3 is 2.48 bits per heavy atom. The molecule has 0 bridgehead atoms. The van der Waals surface area contributed by atoms with Crippen molar-refractivity contribution in [1.29, 1.82) is 0 Å². The molecule has 0 atom stereocenters. The van der Waals surface area contributed by atoms with Crippen LogP contribution in [0.25, 0.3) is 33.5 Å². The zero-order valence-electron chi connectivity index (χ0n) is 26.2. The van der Waals surface area contributed by atoms with Crippen molar-refractivity contribution in [1.82, 2.24) is 29.4 Å². The van der Waals surface area contributed by atoms with Crippen LogP contribution in [0.1, 0.15) is 26.5 Å². The van der Waals surface area contributed by atoms with Crippen LogP contribution in [0, 0.1) is 5.82 Å². The van der Waals surface area contributed by atoms with Crippen LogP contribution < -0.4 is 15.8 Å². The SMILES string of the molecule is CN(CCOc1cccnc1CC(=O)Nc1nc(-c2ccc3ncn(C)c3c2)c(-c2ccc(F)cc2)nc1N)C(=O)OC(C)(C)C. The number of fused-ring (bicyclic) bond motifs is 1. The molecule has 0 unspecified atom stereocenters. The molecule has 46 heavy (non-hydrogen) atoms. The molecule has 0 saturated heterocycles. The number of nitrogen functional groups attached to an aromatic ring is 1. The second kappa shape index (κ2) is 13.2. The van der Waals surface area contributed by atoms with Crippen LogP contribution in [-0.2, 0) is 23.0 Å². The average molecular weight is 627 g/mol.